The monoisotopic (exact) mass is 452 g/mol. The largest absolute Gasteiger partial charge is 0.258 e. The van der Waals surface area contributed by atoms with Gasteiger partial charge in [-0.25, -0.2) is 0 Å². The summed E-state index contributed by atoms with van der Waals surface area (Å²) >= 11 is 0. The van der Waals surface area contributed by atoms with Crippen LogP contribution in [0.5, 0.6) is 0 Å². The second-order valence-corrected chi connectivity index (χ2v) is 6.05. The molecule has 2 aliphatic rings. The van der Waals surface area contributed by atoms with Crippen molar-refractivity contribution in [3.63, 3.8) is 0 Å². The van der Waals surface area contributed by atoms with Crippen molar-refractivity contribution < 1.29 is 20.1 Å². The number of fused-ring (bicyclic) bond motifs is 6. The van der Waals surface area contributed by atoms with Crippen LogP contribution in [0.1, 0.15) is 42.2 Å². The summed E-state index contributed by atoms with van der Waals surface area (Å²) in [6.07, 6.45) is 6.10. The van der Waals surface area contributed by atoms with E-state index < -0.39 is 0 Å². The Morgan fingerprint density at radius 2 is 1.90 bits per heavy atom. The van der Waals surface area contributed by atoms with Gasteiger partial charge in [-0.15, -0.1) is 6.07 Å². The Kier molecular flexibility index (Phi) is 3.02. The fourth-order valence-corrected chi connectivity index (χ4v) is 4.07. The van der Waals surface area contributed by atoms with Crippen LogP contribution in [0.2, 0.25) is 0 Å². The number of aromatic nitrogens is 2. The number of para-hydroxylation sites is 1. The molecule has 1 radical (unpaired) electrons. The molecule has 2 aromatic carbocycles. The minimum Gasteiger partial charge on any atom is -0.258 e. The topological polar surface area (TPSA) is 17.8 Å². The van der Waals surface area contributed by atoms with E-state index in [1.165, 1.54) is 30.2 Å². The minimum absolute atomic E-state index is 0. The molecule has 21 heavy (non-hydrogen) atoms. The molecular weight excluding hydrogens is 436 g/mol. The van der Waals surface area contributed by atoms with E-state index in [4.69, 9.17) is 0 Å². The molecule has 2 aliphatic carbocycles. The smallest absolute Gasteiger partial charge is 0.0719 e. The fourth-order valence-electron chi connectivity index (χ4n) is 4.07. The number of rotatable bonds is 1. The zero-order valence-electron chi connectivity index (χ0n) is 11.5. The maximum atomic E-state index is 4.56. The average molecular weight is 452 g/mol. The maximum Gasteiger partial charge on any atom is 0.0719 e. The Bertz CT molecular complexity index is 807. The van der Waals surface area contributed by atoms with Gasteiger partial charge in [0.05, 0.1) is 11.7 Å². The summed E-state index contributed by atoms with van der Waals surface area (Å²) in [5.41, 5.74) is 5.40. The van der Waals surface area contributed by atoms with Crippen molar-refractivity contribution in [3.05, 3.63) is 59.8 Å². The van der Waals surface area contributed by atoms with Gasteiger partial charge in [-0.1, -0.05) is 0 Å². The standard InChI is InChI=1S/C18H15N2.Ir/c1-2-4-15(5-3-1)20-18-10-17-13-7-6-12(8-13)16(17)9-14(18)11-19-20;/h1-4,9-13H,6-8H2;/q-1;. The first-order chi connectivity index (χ1) is 9.90. The van der Waals surface area contributed by atoms with Crippen molar-refractivity contribution >= 4 is 10.9 Å². The van der Waals surface area contributed by atoms with Crippen molar-refractivity contribution in [2.24, 2.45) is 0 Å². The zero-order chi connectivity index (χ0) is 13.1. The van der Waals surface area contributed by atoms with Crippen molar-refractivity contribution in [3.8, 4) is 5.69 Å². The molecule has 2 atom stereocenters. The van der Waals surface area contributed by atoms with Crippen molar-refractivity contribution in [1.29, 1.82) is 0 Å². The number of nitrogens with zero attached hydrogens (tertiary/aromatic N) is 2. The molecule has 3 heteroatoms. The molecule has 0 saturated heterocycles. The van der Waals surface area contributed by atoms with Crippen LogP contribution < -0.4 is 0 Å². The Morgan fingerprint density at radius 3 is 2.67 bits per heavy atom. The molecule has 1 saturated carbocycles. The van der Waals surface area contributed by atoms with E-state index in [0.29, 0.717) is 0 Å². The Balaban J connectivity index is 0.00000115. The van der Waals surface area contributed by atoms with E-state index in [2.05, 4.69) is 29.4 Å². The van der Waals surface area contributed by atoms with Gasteiger partial charge in [0.2, 0.25) is 0 Å². The summed E-state index contributed by atoms with van der Waals surface area (Å²) in [6, 6.07) is 16.1. The number of hydrogen-bond donors (Lipinski definition) is 0. The van der Waals surface area contributed by atoms with E-state index in [1.54, 1.807) is 11.1 Å². The third-order valence-electron chi connectivity index (χ3n) is 5.01. The van der Waals surface area contributed by atoms with Gasteiger partial charge >= 0.3 is 0 Å². The molecule has 0 amide bonds. The second kappa shape index (κ2) is 4.79. The molecule has 5 rings (SSSR count). The molecule has 0 aliphatic heterocycles. The summed E-state index contributed by atoms with van der Waals surface area (Å²) in [4.78, 5) is 0. The summed E-state index contributed by atoms with van der Waals surface area (Å²) in [6.45, 7) is 0. The van der Waals surface area contributed by atoms with Crippen LogP contribution in [0.25, 0.3) is 16.6 Å². The van der Waals surface area contributed by atoms with E-state index in [-0.39, 0.29) is 20.1 Å². The second-order valence-electron chi connectivity index (χ2n) is 6.05. The van der Waals surface area contributed by atoms with E-state index in [1.807, 2.05) is 29.1 Å². The van der Waals surface area contributed by atoms with E-state index >= 15 is 0 Å². The summed E-state index contributed by atoms with van der Waals surface area (Å²) in [5.74, 6) is 1.61. The minimum atomic E-state index is 0. The molecule has 2 unspecified atom stereocenters. The summed E-state index contributed by atoms with van der Waals surface area (Å²) in [7, 11) is 0. The Hall–Kier alpha value is -1.44. The third kappa shape index (κ3) is 1.84. The Labute approximate surface area is 137 Å². The molecule has 1 heterocycles. The fraction of sp³-hybridized carbons (Fsp3) is 0.278. The number of hydrogen-bond acceptors (Lipinski definition) is 1. The molecule has 107 valence electrons. The SMILES string of the molecule is [Ir].[c-]1ccccc1-n1ncc2cc3c(cc21)C1CCC3C1. The predicted octanol–water partition coefficient (Wildman–Crippen LogP) is 4.19. The van der Waals surface area contributed by atoms with Gasteiger partial charge in [-0.05, 0) is 60.0 Å². The average Bonchev–Trinajstić information content (AvgIpc) is 3.20. The van der Waals surface area contributed by atoms with Crippen LogP contribution in [0.4, 0.5) is 0 Å². The van der Waals surface area contributed by atoms with Crippen molar-refractivity contribution in [1.82, 2.24) is 9.78 Å². The molecule has 1 aromatic heterocycles. The first-order valence-electron chi connectivity index (χ1n) is 7.39. The molecule has 1 fully saturated rings. The van der Waals surface area contributed by atoms with Crippen molar-refractivity contribution in [2.75, 3.05) is 0 Å². The summed E-state index contributed by atoms with van der Waals surface area (Å²) in [5, 5.41) is 5.82. The molecule has 3 aromatic rings. The maximum absolute atomic E-state index is 4.56. The van der Waals surface area contributed by atoms with Gasteiger partial charge in [0, 0.05) is 25.5 Å². The molecule has 0 spiro atoms. The van der Waals surface area contributed by atoms with Gasteiger partial charge in [0.1, 0.15) is 0 Å². The van der Waals surface area contributed by atoms with Crippen LogP contribution in [-0.2, 0) is 20.1 Å². The predicted molar refractivity (Wildman–Crippen MR) is 79.2 cm³/mol. The quantitative estimate of drug-likeness (QED) is 0.508. The van der Waals surface area contributed by atoms with Gasteiger partial charge in [-0.3, -0.25) is 4.68 Å². The first kappa shape index (κ1) is 13.2. The molecule has 2 bridgehead atoms. The van der Waals surface area contributed by atoms with Crippen LogP contribution in [-0.4, -0.2) is 9.78 Å². The first-order valence-corrected chi connectivity index (χ1v) is 7.39. The van der Waals surface area contributed by atoms with Crippen LogP contribution in [0.3, 0.4) is 0 Å². The van der Waals surface area contributed by atoms with E-state index in [9.17, 15) is 0 Å². The number of benzene rings is 2. The zero-order valence-corrected chi connectivity index (χ0v) is 13.9. The molecular formula is C18H15IrN2-. The van der Waals surface area contributed by atoms with Crippen LogP contribution >= 0.6 is 0 Å². The van der Waals surface area contributed by atoms with Gasteiger partial charge in [0.15, 0.2) is 0 Å². The van der Waals surface area contributed by atoms with Gasteiger partial charge in [0.25, 0.3) is 0 Å². The van der Waals surface area contributed by atoms with Crippen LogP contribution in [0, 0.1) is 6.07 Å². The van der Waals surface area contributed by atoms with Crippen molar-refractivity contribution in [2.45, 2.75) is 31.1 Å². The van der Waals surface area contributed by atoms with Gasteiger partial charge in [-0.2, -0.15) is 29.4 Å². The van der Waals surface area contributed by atoms with Crippen LogP contribution in [0.15, 0.2) is 42.6 Å². The Morgan fingerprint density at radius 1 is 1.10 bits per heavy atom. The van der Waals surface area contributed by atoms with E-state index in [0.717, 1.165) is 17.5 Å². The third-order valence-corrected chi connectivity index (χ3v) is 5.01. The molecule has 2 nitrogen and oxygen atoms in total. The summed E-state index contributed by atoms with van der Waals surface area (Å²) < 4.78 is 2.02. The van der Waals surface area contributed by atoms with Gasteiger partial charge < -0.3 is 0 Å². The molecule has 0 N–H and O–H groups in total. The normalized spacial score (nSPS) is 22.3.